The van der Waals surface area contributed by atoms with Crippen molar-refractivity contribution in [2.75, 3.05) is 10.6 Å². The zero-order valence-electron chi connectivity index (χ0n) is 32.6. The minimum absolute atomic E-state index is 0.584. The van der Waals surface area contributed by atoms with Crippen LogP contribution in [0.5, 0.6) is 0 Å². The number of hydrogen-bond donors (Lipinski definition) is 2. The first-order valence-corrected chi connectivity index (χ1v) is 19.2. The molecule has 0 saturated heterocycles. The molecule has 57 heavy (non-hydrogen) atoms. The number of benzene rings is 6. The zero-order valence-corrected chi connectivity index (χ0v) is 32.6. The molecule has 0 aliphatic carbocycles. The summed E-state index contributed by atoms with van der Waals surface area (Å²) >= 11 is 0. The van der Waals surface area contributed by atoms with Gasteiger partial charge in [0.05, 0.1) is 0 Å². The molecule has 8 aromatic rings. The summed E-state index contributed by atoms with van der Waals surface area (Å²) in [5, 5.41) is 6.75. The molecular formula is C49H46N8. The van der Waals surface area contributed by atoms with E-state index in [1.165, 1.54) is 33.4 Å². The minimum Gasteiger partial charge on any atom is -0.324 e. The van der Waals surface area contributed by atoms with Crippen LogP contribution in [0.2, 0.25) is 0 Å². The Morgan fingerprint density at radius 1 is 0.333 bits per heavy atom. The summed E-state index contributed by atoms with van der Waals surface area (Å²) in [5.74, 6) is 4.24. The maximum absolute atomic E-state index is 4.74. The number of anilines is 4. The molecule has 0 atom stereocenters. The molecule has 0 amide bonds. The van der Waals surface area contributed by atoms with E-state index >= 15 is 0 Å². The first-order valence-electron chi connectivity index (χ1n) is 19.2. The van der Waals surface area contributed by atoms with Crippen LogP contribution in [0.25, 0.3) is 0 Å². The number of hydrogen-bond acceptors (Lipinski definition) is 8. The number of nitrogens with zero attached hydrogens (tertiary/aromatic N) is 6. The standard InChI is InChI=1S/C25H24N4.C24H22N4/c1-18-13-14-22(19(2)15-18)26-25-28-23(16-20-9-5-3-6-10-20)27-24(29-25)17-21-11-7-4-8-12-21;1-18-10-8-9-15-21(18)25-24-27-22(16-19-11-4-2-5-12-19)26-23(28-24)17-20-13-6-3-7-14-20/h3-15H,16-17H2,1-2H3,(H,26,27,28,29);2-15H,16-17H2,1H3,(H,25,26,27,28). The summed E-state index contributed by atoms with van der Waals surface area (Å²) < 4.78 is 0. The smallest absolute Gasteiger partial charge is 0.230 e. The van der Waals surface area contributed by atoms with Crippen molar-refractivity contribution in [2.45, 2.75) is 46.5 Å². The van der Waals surface area contributed by atoms with Gasteiger partial charge in [-0.1, -0.05) is 157 Å². The van der Waals surface area contributed by atoms with Gasteiger partial charge in [0.25, 0.3) is 0 Å². The molecule has 282 valence electrons. The fourth-order valence-corrected chi connectivity index (χ4v) is 6.39. The third-order valence-electron chi connectivity index (χ3n) is 9.30. The van der Waals surface area contributed by atoms with E-state index in [2.05, 4.69) is 114 Å². The molecule has 0 aliphatic rings. The van der Waals surface area contributed by atoms with Crippen molar-refractivity contribution in [2.24, 2.45) is 0 Å². The highest BCUT2D eigenvalue weighted by Crippen LogP contribution is 2.22. The van der Waals surface area contributed by atoms with Gasteiger partial charge in [-0.2, -0.15) is 19.9 Å². The van der Waals surface area contributed by atoms with Gasteiger partial charge in [0.15, 0.2) is 0 Å². The van der Waals surface area contributed by atoms with E-state index in [1.807, 2.05) is 91.0 Å². The van der Waals surface area contributed by atoms with Crippen molar-refractivity contribution in [1.29, 1.82) is 0 Å². The van der Waals surface area contributed by atoms with Crippen LogP contribution >= 0.6 is 0 Å². The largest absolute Gasteiger partial charge is 0.324 e. The van der Waals surface area contributed by atoms with Gasteiger partial charge < -0.3 is 10.6 Å². The summed E-state index contributed by atoms with van der Waals surface area (Å²) in [4.78, 5) is 28.2. The van der Waals surface area contributed by atoms with E-state index in [1.54, 1.807) is 0 Å². The number of nitrogens with one attached hydrogen (secondary N) is 2. The third-order valence-corrected chi connectivity index (χ3v) is 9.30. The van der Waals surface area contributed by atoms with Crippen molar-refractivity contribution < 1.29 is 0 Å². The fraction of sp³-hybridized carbons (Fsp3) is 0.143. The molecule has 0 fully saturated rings. The minimum atomic E-state index is 0.584. The van der Waals surface area contributed by atoms with Gasteiger partial charge in [-0.15, -0.1) is 0 Å². The molecule has 0 saturated carbocycles. The normalized spacial score (nSPS) is 10.6. The Bertz CT molecular complexity index is 2370. The Balaban J connectivity index is 0.000000174. The summed E-state index contributed by atoms with van der Waals surface area (Å²) in [6.07, 6.45) is 2.70. The molecule has 2 heterocycles. The van der Waals surface area contributed by atoms with Crippen molar-refractivity contribution in [3.63, 3.8) is 0 Å². The highest BCUT2D eigenvalue weighted by atomic mass is 15.2. The Labute approximate surface area is 335 Å². The molecule has 0 bridgehead atoms. The Kier molecular flexibility index (Phi) is 12.7. The molecule has 0 aliphatic heterocycles. The molecule has 0 spiro atoms. The SMILES string of the molecule is Cc1ccc(Nc2nc(Cc3ccccc3)nc(Cc3ccccc3)n2)c(C)c1.Cc1ccccc1Nc1nc(Cc2ccccc2)nc(Cc2ccccc2)n1. The molecule has 8 rings (SSSR count). The monoisotopic (exact) mass is 746 g/mol. The maximum atomic E-state index is 4.74. The molecule has 0 unspecified atom stereocenters. The Morgan fingerprint density at radius 3 is 1.02 bits per heavy atom. The van der Waals surface area contributed by atoms with Crippen LogP contribution in [-0.2, 0) is 25.7 Å². The number of aromatic nitrogens is 6. The van der Waals surface area contributed by atoms with E-state index in [9.17, 15) is 0 Å². The third kappa shape index (κ3) is 11.5. The van der Waals surface area contributed by atoms with E-state index in [4.69, 9.17) is 19.9 Å². The number of aryl methyl sites for hydroxylation is 3. The number of rotatable bonds is 12. The average Bonchev–Trinajstić information content (AvgIpc) is 3.22. The summed E-state index contributed by atoms with van der Waals surface area (Å²) in [5.41, 5.74) is 10.3. The lowest BCUT2D eigenvalue weighted by Crippen LogP contribution is -2.09. The predicted octanol–water partition coefficient (Wildman–Crippen LogP) is 10.5. The quantitative estimate of drug-likeness (QED) is 0.127. The molecule has 8 nitrogen and oxygen atoms in total. The molecule has 2 aromatic heterocycles. The van der Waals surface area contributed by atoms with Crippen molar-refractivity contribution >= 4 is 23.3 Å². The molecular weight excluding hydrogens is 701 g/mol. The second-order valence-corrected chi connectivity index (χ2v) is 14.0. The molecule has 0 radical (unpaired) electrons. The highest BCUT2D eigenvalue weighted by molar-refractivity contribution is 5.59. The van der Waals surface area contributed by atoms with Crippen molar-refractivity contribution in [3.8, 4) is 0 Å². The van der Waals surface area contributed by atoms with Gasteiger partial charge in [0.2, 0.25) is 11.9 Å². The van der Waals surface area contributed by atoms with Gasteiger partial charge >= 0.3 is 0 Å². The summed E-state index contributed by atoms with van der Waals surface area (Å²) in [7, 11) is 0. The van der Waals surface area contributed by atoms with E-state index in [-0.39, 0.29) is 0 Å². The molecule has 8 heteroatoms. The highest BCUT2D eigenvalue weighted by Gasteiger charge is 2.12. The molecule has 6 aromatic carbocycles. The van der Waals surface area contributed by atoms with Crippen molar-refractivity contribution in [3.05, 3.63) is 226 Å². The Morgan fingerprint density at radius 2 is 0.667 bits per heavy atom. The van der Waals surface area contributed by atoms with Gasteiger partial charge in [-0.25, -0.2) is 9.97 Å². The number of para-hydroxylation sites is 1. The van der Waals surface area contributed by atoms with Crippen LogP contribution in [0, 0.1) is 20.8 Å². The van der Waals surface area contributed by atoms with Gasteiger partial charge in [0, 0.05) is 37.1 Å². The van der Waals surface area contributed by atoms with Crippen LogP contribution in [0.15, 0.2) is 164 Å². The van der Waals surface area contributed by atoms with Crippen molar-refractivity contribution in [1.82, 2.24) is 29.9 Å². The van der Waals surface area contributed by atoms with Gasteiger partial charge in [-0.3, -0.25) is 0 Å². The second-order valence-electron chi connectivity index (χ2n) is 14.0. The molecule has 2 N–H and O–H groups in total. The van der Waals surface area contributed by atoms with Crippen LogP contribution in [0.4, 0.5) is 23.3 Å². The van der Waals surface area contributed by atoms with E-state index in [0.29, 0.717) is 37.6 Å². The van der Waals surface area contributed by atoms with Crippen LogP contribution in [0.1, 0.15) is 62.2 Å². The summed E-state index contributed by atoms with van der Waals surface area (Å²) in [6.45, 7) is 6.25. The second kappa shape index (κ2) is 19.0. The average molecular weight is 747 g/mol. The lowest BCUT2D eigenvalue weighted by Gasteiger charge is -2.12. The van der Waals surface area contributed by atoms with Crippen LogP contribution in [-0.4, -0.2) is 29.9 Å². The van der Waals surface area contributed by atoms with Gasteiger partial charge in [-0.05, 0) is 66.3 Å². The van der Waals surface area contributed by atoms with Crippen LogP contribution < -0.4 is 10.6 Å². The van der Waals surface area contributed by atoms with Gasteiger partial charge in [0.1, 0.15) is 23.3 Å². The first kappa shape index (κ1) is 38.2. The van der Waals surface area contributed by atoms with Crippen LogP contribution in [0.3, 0.4) is 0 Å². The topological polar surface area (TPSA) is 101 Å². The lowest BCUT2D eigenvalue weighted by atomic mass is 10.1. The van der Waals surface area contributed by atoms with E-state index < -0.39 is 0 Å². The predicted molar refractivity (Wildman–Crippen MR) is 230 cm³/mol. The van der Waals surface area contributed by atoms with E-state index in [0.717, 1.165) is 40.2 Å². The fourth-order valence-electron chi connectivity index (χ4n) is 6.39. The zero-order chi connectivity index (χ0) is 39.2. The lowest BCUT2D eigenvalue weighted by molar-refractivity contribution is 0.855. The summed E-state index contributed by atoms with van der Waals surface area (Å²) in [6, 6.07) is 55.6. The Hall–Kier alpha value is -7.06. The maximum Gasteiger partial charge on any atom is 0.230 e. The first-order chi connectivity index (χ1) is 27.9.